The van der Waals surface area contributed by atoms with Gasteiger partial charge < -0.3 is 19.7 Å². The summed E-state index contributed by atoms with van der Waals surface area (Å²) in [4.78, 5) is 11.8. The first kappa shape index (κ1) is 18.5. The minimum atomic E-state index is 0.383. The lowest BCUT2D eigenvalue weighted by Crippen LogP contribution is -2.33. The van der Waals surface area contributed by atoms with E-state index in [0.717, 1.165) is 55.4 Å². The third-order valence-corrected chi connectivity index (χ3v) is 4.63. The predicted octanol–water partition coefficient (Wildman–Crippen LogP) is 3.80. The molecule has 26 heavy (non-hydrogen) atoms. The van der Waals surface area contributed by atoms with Gasteiger partial charge in [0.05, 0.1) is 19.8 Å². The maximum absolute atomic E-state index is 5.39. The second-order valence-electron chi connectivity index (χ2n) is 6.59. The highest BCUT2D eigenvalue weighted by Crippen LogP contribution is 2.27. The fourth-order valence-corrected chi connectivity index (χ4v) is 3.40. The number of methoxy groups -OCH3 is 2. The van der Waals surface area contributed by atoms with E-state index >= 15 is 0 Å². The molecule has 1 fully saturated rings. The van der Waals surface area contributed by atoms with E-state index in [1.54, 1.807) is 14.2 Å². The lowest BCUT2D eigenvalue weighted by atomic mass is 10.2. The second-order valence-corrected chi connectivity index (χ2v) is 6.59. The Bertz CT molecular complexity index is 723. The quantitative estimate of drug-likeness (QED) is 0.776. The Morgan fingerprint density at radius 3 is 2.88 bits per heavy atom. The zero-order valence-corrected chi connectivity index (χ0v) is 15.9. The molecule has 1 aliphatic rings. The summed E-state index contributed by atoms with van der Waals surface area (Å²) in [6, 6.07) is 10.3. The molecule has 1 saturated heterocycles. The maximum Gasteiger partial charge on any atom is 0.229 e. The van der Waals surface area contributed by atoms with Crippen LogP contribution in [0.4, 0.5) is 17.5 Å². The normalized spacial score (nSPS) is 16.7. The minimum Gasteiger partial charge on any atom is -0.497 e. The highest BCUT2D eigenvalue weighted by Gasteiger charge is 2.26. The van der Waals surface area contributed by atoms with Crippen molar-refractivity contribution in [2.75, 3.05) is 37.6 Å². The Morgan fingerprint density at radius 2 is 2.12 bits per heavy atom. The first-order chi connectivity index (χ1) is 12.7. The van der Waals surface area contributed by atoms with Crippen LogP contribution in [-0.4, -0.2) is 43.4 Å². The second kappa shape index (κ2) is 8.85. The molecule has 1 aromatic heterocycles. The fraction of sp³-hybridized carbons (Fsp3) is 0.500. The van der Waals surface area contributed by atoms with Crippen LogP contribution >= 0.6 is 0 Å². The topological polar surface area (TPSA) is 59.5 Å². The van der Waals surface area contributed by atoms with Crippen LogP contribution in [0.2, 0.25) is 0 Å². The van der Waals surface area contributed by atoms with E-state index in [1.807, 2.05) is 24.3 Å². The lowest BCUT2D eigenvalue weighted by molar-refractivity contribution is 0.180. The number of hydrogen-bond acceptors (Lipinski definition) is 6. The Kier molecular flexibility index (Phi) is 6.28. The van der Waals surface area contributed by atoms with Crippen molar-refractivity contribution in [2.24, 2.45) is 0 Å². The summed E-state index contributed by atoms with van der Waals surface area (Å²) in [6.07, 6.45) is 4.29. The van der Waals surface area contributed by atoms with Crippen LogP contribution < -0.4 is 15.0 Å². The van der Waals surface area contributed by atoms with Crippen LogP contribution in [0.3, 0.4) is 0 Å². The molecule has 0 aliphatic carbocycles. The van der Waals surface area contributed by atoms with E-state index in [9.17, 15) is 0 Å². The highest BCUT2D eigenvalue weighted by atomic mass is 16.5. The Balaban J connectivity index is 1.88. The summed E-state index contributed by atoms with van der Waals surface area (Å²) >= 11 is 0. The zero-order valence-electron chi connectivity index (χ0n) is 15.9. The molecule has 6 nitrogen and oxygen atoms in total. The molecule has 0 amide bonds. The van der Waals surface area contributed by atoms with E-state index < -0.39 is 0 Å². The number of benzene rings is 1. The number of aromatic nitrogens is 2. The van der Waals surface area contributed by atoms with Crippen molar-refractivity contribution in [1.82, 2.24) is 9.97 Å². The van der Waals surface area contributed by atoms with Gasteiger partial charge in [-0.3, -0.25) is 0 Å². The Morgan fingerprint density at radius 1 is 1.23 bits per heavy atom. The monoisotopic (exact) mass is 356 g/mol. The van der Waals surface area contributed by atoms with Gasteiger partial charge in [-0.25, -0.2) is 4.98 Å². The Labute approximate surface area is 155 Å². The van der Waals surface area contributed by atoms with Crippen molar-refractivity contribution in [1.29, 1.82) is 0 Å². The molecular weight excluding hydrogens is 328 g/mol. The molecule has 0 bridgehead atoms. The van der Waals surface area contributed by atoms with E-state index in [-0.39, 0.29) is 0 Å². The number of hydrogen-bond donors (Lipinski definition) is 1. The number of anilines is 3. The van der Waals surface area contributed by atoms with E-state index in [1.165, 1.54) is 6.42 Å². The molecule has 0 radical (unpaired) electrons. The van der Waals surface area contributed by atoms with Crippen molar-refractivity contribution in [2.45, 2.75) is 38.6 Å². The molecule has 6 heteroatoms. The number of rotatable bonds is 8. The number of aryl methyl sites for hydroxylation is 1. The lowest BCUT2D eigenvalue weighted by Gasteiger charge is -2.26. The first-order valence-corrected chi connectivity index (χ1v) is 9.28. The molecular formula is C20H28N4O2. The zero-order chi connectivity index (χ0) is 18.4. The first-order valence-electron chi connectivity index (χ1n) is 9.28. The van der Waals surface area contributed by atoms with Crippen molar-refractivity contribution >= 4 is 17.5 Å². The van der Waals surface area contributed by atoms with Crippen LogP contribution in [0.5, 0.6) is 5.75 Å². The van der Waals surface area contributed by atoms with Crippen LogP contribution in [0.15, 0.2) is 30.3 Å². The van der Waals surface area contributed by atoms with Gasteiger partial charge in [-0.2, -0.15) is 4.98 Å². The molecule has 0 saturated carbocycles. The molecule has 3 rings (SSSR count). The van der Waals surface area contributed by atoms with Crippen molar-refractivity contribution in [3.05, 3.63) is 36.0 Å². The van der Waals surface area contributed by atoms with Gasteiger partial charge in [-0.15, -0.1) is 0 Å². The summed E-state index contributed by atoms with van der Waals surface area (Å²) in [6.45, 7) is 3.90. The average molecular weight is 356 g/mol. The molecule has 0 unspecified atom stereocenters. The van der Waals surface area contributed by atoms with E-state index in [4.69, 9.17) is 19.4 Å². The molecule has 1 aliphatic heterocycles. The average Bonchev–Trinajstić information content (AvgIpc) is 3.11. The van der Waals surface area contributed by atoms with Crippen LogP contribution in [0, 0.1) is 0 Å². The predicted molar refractivity (Wildman–Crippen MR) is 105 cm³/mol. The minimum absolute atomic E-state index is 0.383. The van der Waals surface area contributed by atoms with Gasteiger partial charge in [0.15, 0.2) is 0 Å². The Hall–Kier alpha value is -2.34. The van der Waals surface area contributed by atoms with E-state index in [2.05, 4.69) is 23.2 Å². The number of ether oxygens (including phenoxy) is 2. The van der Waals surface area contributed by atoms with Crippen molar-refractivity contribution < 1.29 is 9.47 Å². The SMILES string of the molecule is CCCc1cc(N2CCC[C@H]2COC)nc(Nc2cccc(OC)c2)n1. The molecule has 1 N–H and O–H groups in total. The van der Waals surface area contributed by atoms with Gasteiger partial charge in [0.2, 0.25) is 5.95 Å². The summed E-state index contributed by atoms with van der Waals surface area (Å²) in [7, 11) is 3.42. The standard InChI is InChI=1S/C20H28N4O2/c1-4-7-15-13-19(24-11-6-9-17(24)14-25-2)23-20(21-15)22-16-8-5-10-18(12-16)26-3/h5,8,10,12-13,17H,4,6-7,9,11,14H2,1-3H3,(H,21,22,23)/t17-/m0/s1. The highest BCUT2D eigenvalue weighted by molar-refractivity contribution is 5.58. The van der Waals surface area contributed by atoms with Crippen LogP contribution in [-0.2, 0) is 11.2 Å². The summed E-state index contributed by atoms with van der Waals surface area (Å²) < 4.78 is 10.7. The molecule has 1 atom stereocenters. The van der Waals surface area contributed by atoms with Crippen molar-refractivity contribution in [3.8, 4) is 5.75 Å². The summed E-state index contributed by atoms with van der Waals surface area (Å²) in [5.41, 5.74) is 1.98. The fourth-order valence-electron chi connectivity index (χ4n) is 3.40. The summed E-state index contributed by atoms with van der Waals surface area (Å²) in [5.74, 6) is 2.41. The maximum atomic E-state index is 5.39. The van der Waals surface area contributed by atoms with Gasteiger partial charge in [0, 0.05) is 37.2 Å². The molecule has 2 heterocycles. The summed E-state index contributed by atoms with van der Waals surface area (Å²) in [5, 5.41) is 3.33. The smallest absolute Gasteiger partial charge is 0.229 e. The van der Waals surface area contributed by atoms with Crippen molar-refractivity contribution in [3.63, 3.8) is 0 Å². The largest absolute Gasteiger partial charge is 0.497 e. The van der Waals surface area contributed by atoms with Gasteiger partial charge in [-0.05, 0) is 31.4 Å². The third kappa shape index (κ3) is 4.43. The molecule has 2 aromatic rings. The molecule has 140 valence electrons. The van der Waals surface area contributed by atoms with Crippen LogP contribution in [0.25, 0.3) is 0 Å². The third-order valence-electron chi connectivity index (χ3n) is 4.63. The van der Waals surface area contributed by atoms with Gasteiger partial charge >= 0.3 is 0 Å². The van der Waals surface area contributed by atoms with E-state index in [0.29, 0.717) is 12.0 Å². The van der Waals surface area contributed by atoms with Gasteiger partial charge in [0.1, 0.15) is 11.6 Å². The molecule has 0 spiro atoms. The van der Waals surface area contributed by atoms with Crippen LogP contribution in [0.1, 0.15) is 31.9 Å². The number of nitrogens with zero attached hydrogens (tertiary/aromatic N) is 3. The van der Waals surface area contributed by atoms with Gasteiger partial charge in [0.25, 0.3) is 0 Å². The van der Waals surface area contributed by atoms with Gasteiger partial charge in [-0.1, -0.05) is 19.4 Å². The molecule has 1 aromatic carbocycles. The number of nitrogens with one attached hydrogen (secondary N) is 1.